The summed E-state index contributed by atoms with van der Waals surface area (Å²) in [6, 6.07) is 1.38. The smallest absolute Gasteiger partial charge is 0.241 e. The molecule has 0 saturated heterocycles. The van der Waals surface area contributed by atoms with Gasteiger partial charge in [0.15, 0.2) is 11.3 Å². The highest BCUT2D eigenvalue weighted by atomic mass is 16.1. The first-order chi connectivity index (χ1) is 6.70. The second-order valence-electron chi connectivity index (χ2n) is 2.67. The molecule has 0 atom stereocenters. The van der Waals surface area contributed by atoms with Gasteiger partial charge in [0.1, 0.15) is 0 Å². The van der Waals surface area contributed by atoms with Crippen molar-refractivity contribution in [3.05, 3.63) is 28.7 Å². The topological polar surface area (TPSA) is 116 Å². The SMILES string of the molecule is Nc1nnc(-c2c[nH]ccc2=O)n1N. The predicted molar refractivity (Wildman–Crippen MR) is 50.6 cm³/mol. The van der Waals surface area contributed by atoms with Crippen LogP contribution in [-0.2, 0) is 0 Å². The molecule has 0 aliphatic heterocycles. The molecule has 2 aromatic heterocycles. The van der Waals surface area contributed by atoms with Crippen LogP contribution in [0.3, 0.4) is 0 Å². The molecule has 0 amide bonds. The van der Waals surface area contributed by atoms with E-state index in [9.17, 15) is 4.79 Å². The van der Waals surface area contributed by atoms with E-state index in [0.29, 0.717) is 5.56 Å². The van der Waals surface area contributed by atoms with E-state index in [1.807, 2.05) is 0 Å². The van der Waals surface area contributed by atoms with Gasteiger partial charge in [-0.15, -0.1) is 10.2 Å². The standard InChI is InChI=1S/C7H8N6O/c8-7-12-11-6(13(7)9)4-3-10-2-1-5(4)14/h1-3H,9H2,(H2,8,12)(H,10,14). The monoisotopic (exact) mass is 192 g/mol. The van der Waals surface area contributed by atoms with Crippen LogP contribution in [0.25, 0.3) is 11.4 Å². The van der Waals surface area contributed by atoms with Crippen molar-refractivity contribution in [2.45, 2.75) is 0 Å². The summed E-state index contributed by atoms with van der Waals surface area (Å²) in [4.78, 5) is 14.1. The minimum Gasteiger partial charge on any atom is -0.367 e. The molecule has 0 saturated carbocycles. The Balaban J connectivity index is 2.67. The van der Waals surface area contributed by atoms with Crippen LogP contribution in [0.4, 0.5) is 5.95 Å². The molecule has 7 nitrogen and oxygen atoms in total. The Morgan fingerprint density at radius 2 is 2.21 bits per heavy atom. The van der Waals surface area contributed by atoms with Crippen molar-refractivity contribution < 1.29 is 0 Å². The lowest BCUT2D eigenvalue weighted by atomic mass is 10.2. The molecule has 72 valence electrons. The van der Waals surface area contributed by atoms with Crippen LogP contribution in [0.15, 0.2) is 23.3 Å². The molecule has 7 heteroatoms. The van der Waals surface area contributed by atoms with Crippen molar-refractivity contribution in [2.75, 3.05) is 11.6 Å². The summed E-state index contributed by atoms with van der Waals surface area (Å²) in [5, 5.41) is 7.24. The molecule has 0 spiro atoms. The Bertz CT molecular complexity index is 513. The first-order valence-corrected chi connectivity index (χ1v) is 3.83. The molecule has 0 fully saturated rings. The summed E-state index contributed by atoms with van der Waals surface area (Å²) in [5.41, 5.74) is 5.52. The van der Waals surface area contributed by atoms with Gasteiger partial charge in [-0.25, -0.2) is 4.68 Å². The van der Waals surface area contributed by atoms with Gasteiger partial charge in [0.2, 0.25) is 5.95 Å². The maximum atomic E-state index is 11.4. The van der Waals surface area contributed by atoms with Gasteiger partial charge < -0.3 is 16.6 Å². The molecule has 0 radical (unpaired) electrons. The lowest BCUT2D eigenvalue weighted by molar-refractivity contribution is 1.02. The number of nitrogen functional groups attached to an aromatic ring is 2. The van der Waals surface area contributed by atoms with E-state index in [4.69, 9.17) is 11.6 Å². The molecule has 0 bridgehead atoms. The van der Waals surface area contributed by atoms with Crippen molar-refractivity contribution in [2.24, 2.45) is 0 Å². The van der Waals surface area contributed by atoms with E-state index in [2.05, 4.69) is 15.2 Å². The number of aromatic amines is 1. The highest BCUT2D eigenvalue weighted by Gasteiger charge is 2.11. The third kappa shape index (κ3) is 1.11. The van der Waals surface area contributed by atoms with E-state index in [-0.39, 0.29) is 17.2 Å². The van der Waals surface area contributed by atoms with Crippen LogP contribution in [0.1, 0.15) is 0 Å². The van der Waals surface area contributed by atoms with Crippen molar-refractivity contribution in [1.29, 1.82) is 0 Å². The molecule has 5 N–H and O–H groups in total. The Labute approximate surface area is 78.3 Å². The summed E-state index contributed by atoms with van der Waals surface area (Å²) in [6.45, 7) is 0. The molecular weight excluding hydrogens is 184 g/mol. The second kappa shape index (κ2) is 2.87. The van der Waals surface area contributed by atoms with Gasteiger partial charge in [-0.1, -0.05) is 0 Å². The fourth-order valence-corrected chi connectivity index (χ4v) is 1.08. The molecule has 14 heavy (non-hydrogen) atoms. The summed E-state index contributed by atoms with van der Waals surface area (Å²) in [5.74, 6) is 5.82. The molecule has 2 aromatic rings. The Morgan fingerprint density at radius 1 is 1.43 bits per heavy atom. The summed E-state index contributed by atoms with van der Waals surface area (Å²) < 4.78 is 1.06. The van der Waals surface area contributed by atoms with Crippen molar-refractivity contribution in [1.82, 2.24) is 19.9 Å². The zero-order chi connectivity index (χ0) is 10.1. The van der Waals surface area contributed by atoms with E-state index in [0.717, 1.165) is 4.68 Å². The number of rotatable bonds is 1. The highest BCUT2D eigenvalue weighted by Crippen LogP contribution is 2.10. The molecule has 0 unspecified atom stereocenters. The third-order valence-corrected chi connectivity index (χ3v) is 1.79. The summed E-state index contributed by atoms with van der Waals surface area (Å²) in [7, 11) is 0. The Hall–Kier alpha value is -2.31. The Morgan fingerprint density at radius 3 is 2.79 bits per heavy atom. The number of hydrogen-bond donors (Lipinski definition) is 3. The van der Waals surface area contributed by atoms with Gasteiger partial charge in [-0.2, -0.15) is 0 Å². The number of nitrogens with one attached hydrogen (secondary N) is 1. The van der Waals surface area contributed by atoms with E-state index >= 15 is 0 Å². The third-order valence-electron chi connectivity index (χ3n) is 1.79. The average molecular weight is 192 g/mol. The summed E-state index contributed by atoms with van der Waals surface area (Å²) >= 11 is 0. The fraction of sp³-hybridized carbons (Fsp3) is 0. The minimum atomic E-state index is -0.192. The number of nitrogens with two attached hydrogens (primary N) is 2. The zero-order valence-electron chi connectivity index (χ0n) is 7.14. The maximum absolute atomic E-state index is 11.4. The number of hydrogen-bond acceptors (Lipinski definition) is 5. The van der Waals surface area contributed by atoms with Gasteiger partial charge in [-0.3, -0.25) is 4.79 Å². The number of pyridine rings is 1. The zero-order valence-corrected chi connectivity index (χ0v) is 7.14. The van der Waals surface area contributed by atoms with Gasteiger partial charge in [0, 0.05) is 18.5 Å². The molecule has 0 aliphatic carbocycles. The van der Waals surface area contributed by atoms with Crippen LogP contribution in [0.5, 0.6) is 0 Å². The average Bonchev–Trinajstić information content (AvgIpc) is 2.49. The van der Waals surface area contributed by atoms with Gasteiger partial charge in [-0.05, 0) is 0 Å². The molecular formula is C7H8N6O. The largest absolute Gasteiger partial charge is 0.367 e. The lowest BCUT2D eigenvalue weighted by Crippen LogP contribution is -2.16. The predicted octanol–water partition coefficient (Wildman–Crippen LogP) is -1.07. The van der Waals surface area contributed by atoms with Crippen molar-refractivity contribution in [3.63, 3.8) is 0 Å². The highest BCUT2D eigenvalue weighted by molar-refractivity contribution is 5.55. The molecule has 2 rings (SSSR count). The van der Waals surface area contributed by atoms with Crippen LogP contribution in [0, 0.1) is 0 Å². The fourth-order valence-electron chi connectivity index (χ4n) is 1.08. The van der Waals surface area contributed by atoms with Crippen LogP contribution < -0.4 is 17.0 Å². The van der Waals surface area contributed by atoms with Crippen LogP contribution >= 0.6 is 0 Å². The van der Waals surface area contributed by atoms with E-state index in [1.165, 1.54) is 18.5 Å². The number of nitrogens with zero attached hydrogens (tertiary/aromatic N) is 3. The molecule has 2 heterocycles. The number of aromatic nitrogens is 4. The number of anilines is 1. The van der Waals surface area contributed by atoms with Gasteiger partial charge in [0.05, 0.1) is 5.56 Å². The quantitative estimate of drug-likeness (QED) is 0.497. The Kier molecular flexibility index (Phi) is 1.70. The van der Waals surface area contributed by atoms with Gasteiger partial charge in [0.25, 0.3) is 0 Å². The van der Waals surface area contributed by atoms with Crippen molar-refractivity contribution >= 4 is 5.95 Å². The minimum absolute atomic E-state index is 0.0586. The molecule has 0 aromatic carbocycles. The van der Waals surface area contributed by atoms with Gasteiger partial charge >= 0.3 is 0 Å². The first kappa shape index (κ1) is 8.30. The lowest BCUT2D eigenvalue weighted by Gasteiger charge is -1.98. The summed E-state index contributed by atoms with van der Waals surface area (Å²) in [6.07, 6.45) is 3.02. The van der Waals surface area contributed by atoms with Crippen LogP contribution in [0.2, 0.25) is 0 Å². The van der Waals surface area contributed by atoms with Crippen LogP contribution in [-0.4, -0.2) is 19.9 Å². The normalized spacial score (nSPS) is 10.3. The van der Waals surface area contributed by atoms with E-state index in [1.54, 1.807) is 0 Å². The second-order valence-corrected chi connectivity index (χ2v) is 2.67. The molecule has 0 aliphatic rings. The van der Waals surface area contributed by atoms with Crippen molar-refractivity contribution in [3.8, 4) is 11.4 Å². The van der Waals surface area contributed by atoms with E-state index < -0.39 is 0 Å². The first-order valence-electron chi connectivity index (χ1n) is 3.83. The maximum Gasteiger partial charge on any atom is 0.241 e. The number of H-pyrrole nitrogens is 1.